The third kappa shape index (κ3) is 3.13. The van der Waals surface area contributed by atoms with E-state index in [1.165, 1.54) is 17.7 Å². The van der Waals surface area contributed by atoms with Crippen LogP contribution in [0.25, 0.3) is 0 Å². The second-order valence-electron chi connectivity index (χ2n) is 12.9. The lowest BCUT2D eigenvalue weighted by Gasteiger charge is -2.52. The zero-order chi connectivity index (χ0) is 28.1. The molecule has 1 aliphatic heterocycles. The van der Waals surface area contributed by atoms with Gasteiger partial charge in [-0.15, -0.1) is 0 Å². The maximum absolute atomic E-state index is 14.4. The van der Waals surface area contributed by atoms with Gasteiger partial charge in [0.05, 0.1) is 22.9 Å². The van der Waals surface area contributed by atoms with Crippen LogP contribution in [0.15, 0.2) is 77.9 Å². The van der Waals surface area contributed by atoms with Crippen LogP contribution in [0.1, 0.15) is 66.3 Å². The Bertz CT molecular complexity index is 1610. The molecule has 3 amide bonds. The molecule has 3 aromatic rings. The molecule has 6 heteroatoms. The molecule has 206 valence electrons. The van der Waals surface area contributed by atoms with Gasteiger partial charge in [-0.05, 0) is 65.5 Å². The van der Waals surface area contributed by atoms with Gasteiger partial charge < -0.3 is 0 Å². The van der Waals surface area contributed by atoms with Crippen LogP contribution in [-0.2, 0) is 19.8 Å². The first-order chi connectivity index (χ1) is 19.9. The summed E-state index contributed by atoms with van der Waals surface area (Å²) in [5.41, 5.74) is 7.72. The van der Waals surface area contributed by atoms with E-state index in [0.29, 0.717) is 11.6 Å². The summed E-state index contributed by atoms with van der Waals surface area (Å²) >= 11 is 0. The smallest absolute Gasteiger partial charge is 0.244 e. The van der Waals surface area contributed by atoms with Crippen LogP contribution in [0.4, 0.5) is 5.69 Å². The summed E-state index contributed by atoms with van der Waals surface area (Å²) < 4.78 is 0. The van der Waals surface area contributed by atoms with Gasteiger partial charge in [-0.2, -0.15) is 5.10 Å². The molecule has 2 bridgehead atoms. The highest BCUT2D eigenvalue weighted by Gasteiger charge is 2.68. The van der Waals surface area contributed by atoms with E-state index in [0.717, 1.165) is 40.7 Å². The molecule has 2 saturated carbocycles. The highest BCUT2D eigenvalue weighted by molar-refractivity contribution is 6.25. The Morgan fingerprint density at radius 3 is 2.22 bits per heavy atom. The first kappa shape index (κ1) is 24.7. The minimum atomic E-state index is -0.980. The molecule has 0 unspecified atom stereocenters. The van der Waals surface area contributed by atoms with Crippen molar-refractivity contribution in [3.63, 3.8) is 0 Å². The Kier molecular flexibility index (Phi) is 5.11. The van der Waals surface area contributed by atoms with Crippen molar-refractivity contribution in [2.45, 2.75) is 50.9 Å². The highest BCUT2D eigenvalue weighted by atomic mass is 16.2. The van der Waals surface area contributed by atoms with Crippen LogP contribution in [0.3, 0.4) is 0 Å². The van der Waals surface area contributed by atoms with Crippen molar-refractivity contribution in [1.29, 1.82) is 0 Å². The number of hydrogen-bond donors (Lipinski definition) is 1. The van der Waals surface area contributed by atoms with Gasteiger partial charge in [0.25, 0.3) is 0 Å². The van der Waals surface area contributed by atoms with E-state index < -0.39 is 17.3 Å². The number of nitrogens with one attached hydrogen (secondary N) is 1. The Morgan fingerprint density at radius 2 is 1.59 bits per heavy atom. The zero-order valence-corrected chi connectivity index (χ0v) is 23.3. The average Bonchev–Trinajstić information content (AvgIpc) is 3.54. The lowest BCUT2D eigenvalue weighted by molar-refractivity contribution is -0.124. The summed E-state index contributed by atoms with van der Waals surface area (Å²) in [6.07, 6.45) is 6.31. The van der Waals surface area contributed by atoms with Gasteiger partial charge in [0.1, 0.15) is 0 Å². The van der Waals surface area contributed by atoms with Crippen LogP contribution in [-0.4, -0.2) is 23.9 Å². The summed E-state index contributed by atoms with van der Waals surface area (Å²) in [5, 5.41) is 4.63. The summed E-state index contributed by atoms with van der Waals surface area (Å²) in [6.45, 7) is 4.22. The van der Waals surface area contributed by atoms with E-state index in [1.54, 1.807) is 6.21 Å². The Morgan fingerprint density at radius 1 is 0.927 bits per heavy atom. The van der Waals surface area contributed by atoms with Crippen molar-refractivity contribution in [2.75, 3.05) is 4.90 Å². The summed E-state index contributed by atoms with van der Waals surface area (Å²) in [6, 6.07) is 23.8. The summed E-state index contributed by atoms with van der Waals surface area (Å²) in [7, 11) is 0. The highest BCUT2D eigenvalue weighted by Crippen LogP contribution is 2.66. The van der Waals surface area contributed by atoms with Gasteiger partial charge in [-0.1, -0.05) is 86.0 Å². The van der Waals surface area contributed by atoms with Gasteiger partial charge in [0.15, 0.2) is 0 Å². The number of anilines is 1. The fourth-order valence-corrected chi connectivity index (χ4v) is 9.12. The van der Waals surface area contributed by atoms with E-state index in [1.807, 2.05) is 55.5 Å². The second-order valence-corrected chi connectivity index (χ2v) is 12.9. The van der Waals surface area contributed by atoms with Crippen molar-refractivity contribution in [3.05, 3.63) is 101 Å². The Balaban J connectivity index is 1.25. The number of hydrazone groups is 1. The SMILES string of the molecule is Cc1ccc(N2C(=O)[C@@H]3C4c5ccccc5C(/C=N\NC(=O)[C@@H]5[C@@H]6CCCC[C@@]56C)(c5ccccc54)[C@H]3C2=O)cc1. The van der Waals surface area contributed by atoms with E-state index in [2.05, 4.69) is 41.7 Å². The Hall–Kier alpha value is -4.06. The first-order valence-electron chi connectivity index (χ1n) is 14.9. The van der Waals surface area contributed by atoms with Gasteiger partial charge in [-0.3, -0.25) is 14.4 Å². The van der Waals surface area contributed by atoms with Crippen molar-refractivity contribution >= 4 is 29.6 Å². The largest absolute Gasteiger partial charge is 0.274 e. The lowest BCUT2D eigenvalue weighted by Crippen LogP contribution is -2.54. The molecule has 0 radical (unpaired) electrons. The van der Waals surface area contributed by atoms with Crippen LogP contribution < -0.4 is 10.3 Å². The maximum atomic E-state index is 14.4. The molecule has 3 aromatic carbocycles. The van der Waals surface area contributed by atoms with Gasteiger partial charge in [-0.25, -0.2) is 10.3 Å². The van der Waals surface area contributed by atoms with Crippen molar-refractivity contribution in [2.24, 2.45) is 34.2 Å². The molecule has 3 fully saturated rings. The number of fused-ring (bicyclic) bond motifs is 1. The molecule has 1 heterocycles. The normalized spacial score (nSPS) is 34.2. The molecule has 0 spiro atoms. The fraction of sp³-hybridized carbons (Fsp3) is 0.371. The quantitative estimate of drug-likeness (QED) is 0.269. The molecule has 6 nitrogen and oxygen atoms in total. The van der Waals surface area contributed by atoms with E-state index in [9.17, 15) is 14.4 Å². The number of amides is 3. The minimum absolute atomic E-state index is 0.0132. The summed E-state index contributed by atoms with van der Waals surface area (Å²) in [5.74, 6) is -1.44. The average molecular weight is 544 g/mol. The van der Waals surface area contributed by atoms with E-state index in [-0.39, 0.29) is 35.0 Å². The van der Waals surface area contributed by atoms with Crippen molar-refractivity contribution in [3.8, 4) is 0 Å². The van der Waals surface area contributed by atoms with Crippen LogP contribution >= 0.6 is 0 Å². The lowest BCUT2D eigenvalue weighted by atomic mass is 9.47. The predicted molar refractivity (Wildman–Crippen MR) is 156 cm³/mol. The fourth-order valence-electron chi connectivity index (χ4n) is 9.12. The predicted octanol–water partition coefficient (Wildman–Crippen LogP) is 5.47. The van der Waals surface area contributed by atoms with E-state index >= 15 is 0 Å². The van der Waals surface area contributed by atoms with Crippen LogP contribution in [0, 0.1) is 36.0 Å². The second kappa shape index (κ2) is 8.48. The number of rotatable bonds is 4. The van der Waals surface area contributed by atoms with Crippen LogP contribution in [0.5, 0.6) is 0 Å². The van der Waals surface area contributed by atoms with Crippen LogP contribution in [0.2, 0.25) is 0 Å². The number of carbonyl (C=O) groups is 3. The maximum Gasteiger partial charge on any atom is 0.244 e. The number of aryl methyl sites for hydroxylation is 1. The number of carbonyl (C=O) groups excluding carboxylic acids is 3. The molecule has 6 aliphatic rings. The molecule has 1 saturated heterocycles. The Labute approximate surface area is 239 Å². The number of imide groups is 1. The molecule has 41 heavy (non-hydrogen) atoms. The topological polar surface area (TPSA) is 78.8 Å². The standard InChI is InChI=1S/C35H33N3O3/c1-20-14-16-21(17-15-20)38-32(40)28-27-22-9-3-5-11-24(22)35(30(28)33(38)41,25-12-6-4-10-23(25)27)19-36-37-31(39)29-26-13-7-8-18-34(26,29)2/h3-6,9-12,14-17,19,26-30H,7-8,13,18H2,1-2H3,(H,37,39)/b36-19-/t26-,27?,28+,29-,30+,34+,35?/m0/s1. The van der Waals surface area contributed by atoms with Crippen molar-refractivity contribution in [1.82, 2.24) is 5.43 Å². The first-order valence-corrected chi connectivity index (χ1v) is 14.9. The number of hydrogen-bond acceptors (Lipinski definition) is 4. The third-order valence-corrected chi connectivity index (χ3v) is 11.0. The van der Waals surface area contributed by atoms with Gasteiger partial charge >= 0.3 is 0 Å². The van der Waals surface area contributed by atoms with Crippen molar-refractivity contribution < 1.29 is 14.4 Å². The molecule has 0 aromatic heterocycles. The minimum Gasteiger partial charge on any atom is -0.274 e. The molecule has 1 N–H and O–H groups in total. The zero-order valence-electron chi connectivity index (χ0n) is 23.3. The third-order valence-electron chi connectivity index (χ3n) is 11.0. The monoisotopic (exact) mass is 543 g/mol. The van der Waals surface area contributed by atoms with Gasteiger partial charge in [0.2, 0.25) is 17.7 Å². The molecule has 5 atom stereocenters. The summed E-state index contributed by atoms with van der Waals surface area (Å²) in [4.78, 5) is 43.4. The van der Waals surface area contributed by atoms with E-state index in [4.69, 9.17) is 0 Å². The number of nitrogens with zero attached hydrogens (tertiary/aromatic N) is 2. The molecule has 5 aliphatic carbocycles. The molecular formula is C35H33N3O3. The van der Waals surface area contributed by atoms with Gasteiger partial charge in [0, 0.05) is 18.1 Å². The molecule has 9 rings (SSSR count). The number of benzene rings is 3. The molecular weight excluding hydrogens is 510 g/mol.